The Morgan fingerprint density at radius 3 is 2.71 bits per heavy atom. The fourth-order valence-corrected chi connectivity index (χ4v) is 1.57. The number of aryl methyl sites for hydroxylation is 1. The van der Waals surface area contributed by atoms with E-state index in [1.165, 1.54) is 0 Å². The molecular weight excluding hydrogens is 198 g/mol. The highest BCUT2D eigenvalue weighted by atomic mass is 35.5. The summed E-state index contributed by atoms with van der Waals surface area (Å²) in [7, 11) is 0. The van der Waals surface area contributed by atoms with Crippen molar-refractivity contribution in [1.29, 1.82) is 0 Å². The molecule has 3 nitrogen and oxygen atoms in total. The molecule has 0 aliphatic rings. The van der Waals surface area contributed by atoms with Crippen LogP contribution in [0.25, 0.3) is 0 Å². The molecule has 0 amide bonds. The molecule has 0 bridgehead atoms. The van der Waals surface area contributed by atoms with Gasteiger partial charge >= 0.3 is 0 Å². The smallest absolute Gasteiger partial charge is 0.150 e. The summed E-state index contributed by atoms with van der Waals surface area (Å²) in [5.41, 5.74) is 6.86. The molecule has 1 aromatic heterocycles. The van der Waals surface area contributed by atoms with Gasteiger partial charge in [0.25, 0.3) is 0 Å². The number of imidazole rings is 1. The highest BCUT2D eigenvalue weighted by molar-refractivity contribution is 6.30. The SMILES string of the molecule is CCn1cnc(Cl)c1CC(C)(C)CN. The topological polar surface area (TPSA) is 43.8 Å². The summed E-state index contributed by atoms with van der Waals surface area (Å²) in [5, 5.41) is 0.605. The van der Waals surface area contributed by atoms with E-state index in [9.17, 15) is 0 Å². The van der Waals surface area contributed by atoms with Crippen LogP contribution in [-0.2, 0) is 13.0 Å². The molecule has 1 aromatic rings. The summed E-state index contributed by atoms with van der Waals surface area (Å²) in [6.45, 7) is 7.90. The lowest BCUT2D eigenvalue weighted by Crippen LogP contribution is -2.27. The molecule has 0 saturated carbocycles. The Labute approximate surface area is 90.3 Å². The number of hydrogen-bond donors (Lipinski definition) is 1. The third-order valence-corrected chi connectivity index (χ3v) is 2.75. The number of nitrogens with two attached hydrogens (primary N) is 1. The molecular formula is C10H18ClN3. The van der Waals surface area contributed by atoms with Gasteiger partial charge < -0.3 is 10.3 Å². The predicted molar refractivity (Wildman–Crippen MR) is 59.5 cm³/mol. The quantitative estimate of drug-likeness (QED) is 0.836. The Morgan fingerprint density at radius 1 is 1.57 bits per heavy atom. The highest BCUT2D eigenvalue weighted by Gasteiger charge is 2.20. The van der Waals surface area contributed by atoms with E-state index in [2.05, 4.69) is 30.3 Å². The van der Waals surface area contributed by atoms with Crippen molar-refractivity contribution in [2.45, 2.75) is 33.7 Å². The fraction of sp³-hybridized carbons (Fsp3) is 0.700. The second kappa shape index (κ2) is 4.32. The molecule has 0 fully saturated rings. The summed E-state index contributed by atoms with van der Waals surface area (Å²) >= 11 is 6.01. The molecule has 0 aliphatic heterocycles. The molecule has 0 aromatic carbocycles. The lowest BCUT2D eigenvalue weighted by atomic mass is 9.88. The first-order valence-corrected chi connectivity index (χ1v) is 5.27. The average molecular weight is 216 g/mol. The highest BCUT2D eigenvalue weighted by Crippen LogP contribution is 2.24. The molecule has 0 saturated heterocycles. The van der Waals surface area contributed by atoms with Crippen molar-refractivity contribution in [1.82, 2.24) is 9.55 Å². The van der Waals surface area contributed by atoms with Gasteiger partial charge in [-0.3, -0.25) is 0 Å². The zero-order valence-corrected chi connectivity index (χ0v) is 9.80. The minimum atomic E-state index is 0.0800. The van der Waals surface area contributed by atoms with Crippen molar-refractivity contribution >= 4 is 11.6 Å². The largest absolute Gasteiger partial charge is 0.333 e. The normalized spacial score (nSPS) is 12.1. The third-order valence-electron chi connectivity index (χ3n) is 2.43. The minimum absolute atomic E-state index is 0.0800. The molecule has 1 rings (SSSR count). The van der Waals surface area contributed by atoms with E-state index in [-0.39, 0.29) is 5.41 Å². The zero-order chi connectivity index (χ0) is 10.8. The van der Waals surface area contributed by atoms with Crippen LogP contribution in [0.4, 0.5) is 0 Å². The first-order chi connectivity index (χ1) is 6.50. The molecule has 80 valence electrons. The standard InChI is InChI=1S/C10H18ClN3/c1-4-14-7-13-9(11)8(14)5-10(2,3)6-12/h7H,4-6,12H2,1-3H3. The Hall–Kier alpha value is -0.540. The molecule has 2 N–H and O–H groups in total. The maximum atomic E-state index is 6.01. The molecule has 0 unspecified atom stereocenters. The van der Waals surface area contributed by atoms with E-state index < -0.39 is 0 Å². The van der Waals surface area contributed by atoms with Crippen molar-refractivity contribution in [2.24, 2.45) is 11.1 Å². The molecule has 0 atom stereocenters. The Kier molecular flexibility index (Phi) is 3.56. The van der Waals surface area contributed by atoms with Gasteiger partial charge in [-0.15, -0.1) is 0 Å². The first kappa shape index (κ1) is 11.5. The van der Waals surface area contributed by atoms with Gasteiger partial charge in [0.2, 0.25) is 0 Å². The Balaban J connectivity index is 2.89. The van der Waals surface area contributed by atoms with Gasteiger partial charge in [-0.25, -0.2) is 4.98 Å². The predicted octanol–water partition coefficient (Wildman–Crippen LogP) is 2.08. The van der Waals surface area contributed by atoms with Gasteiger partial charge in [0, 0.05) is 6.54 Å². The number of rotatable bonds is 4. The molecule has 4 heteroatoms. The van der Waals surface area contributed by atoms with Crippen LogP contribution >= 0.6 is 11.6 Å². The van der Waals surface area contributed by atoms with Gasteiger partial charge in [0.05, 0.1) is 12.0 Å². The number of halogens is 1. The monoisotopic (exact) mass is 215 g/mol. The van der Waals surface area contributed by atoms with E-state index in [4.69, 9.17) is 17.3 Å². The molecule has 0 aliphatic carbocycles. The number of hydrogen-bond acceptors (Lipinski definition) is 2. The molecule has 14 heavy (non-hydrogen) atoms. The number of aromatic nitrogens is 2. The third kappa shape index (κ3) is 2.49. The maximum Gasteiger partial charge on any atom is 0.150 e. The van der Waals surface area contributed by atoms with Crippen molar-refractivity contribution < 1.29 is 0 Å². The summed E-state index contributed by atoms with van der Waals surface area (Å²) in [6.07, 6.45) is 2.65. The van der Waals surface area contributed by atoms with Crippen LogP contribution in [0, 0.1) is 5.41 Å². The van der Waals surface area contributed by atoms with Crippen LogP contribution < -0.4 is 5.73 Å². The lowest BCUT2D eigenvalue weighted by molar-refractivity contribution is 0.366. The fourth-order valence-electron chi connectivity index (χ4n) is 1.36. The van der Waals surface area contributed by atoms with Crippen molar-refractivity contribution in [2.75, 3.05) is 6.54 Å². The Morgan fingerprint density at radius 2 is 2.21 bits per heavy atom. The second-order valence-electron chi connectivity index (χ2n) is 4.31. The van der Waals surface area contributed by atoms with Crippen molar-refractivity contribution in [3.63, 3.8) is 0 Å². The average Bonchev–Trinajstić information content (AvgIpc) is 2.48. The van der Waals surface area contributed by atoms with Crippen LogP contribution in [0.5, 0.6) is 0 Å². The zero-order valence-electron chi connectivity index (χ0n) is 9.05. The van der Waals surface area contributed by atoms with Crippen molar-refractivity contribution in [3.8, 4) is 0 Å². The van der Waals surface area contributed by atoms with Gasteiger partial charge in [0.15, 0.2) is 0 Å². The van der Waals surface area contributed by atoms with Crippen LogP contribution in [0.1, 0.15) is 26.5 Å². The second-order valence-corrected chi connectivity index (χ2v) is 4.67. The van der Waals surface area contributed by atoms with Gasteiger partial charge in [0.1, 0.15) is 5.15 Å². The minimum Gasteiger partial charge on any atom is -0.333 e. The molecule has 1 heterocycles. The van der Waals surface area contributed by atoms with Crippen molar-refractivity contribution in [3.05, 3.63) is 17.2 Å². The van der Waals surface area contributed by atoms with Crippen LogP contribution in [0.15, 0.2) is 6.33 Å². The van der Waals surface area contributed by atoms with E-state index in [0.29, 0.717) is 11.7 Å². The molecule has 0 spiro atoms. The van der Waals surface area contributed by atoms with Crippen LogP contribution in [-0.4, -0.2) is 16.1 Å². The van der Waals surface area contributed by atoms with E-state index in [0.717, 1.165) is 18.7 Å². The van der Waals surface area contributed by atoms with Gasteiger partial charge in [-0.05, 0) is 25.3 Å². The summed E-state index contributed by atoms with van der Waals surface area (Å²) in [6, 6.07) is 0. The maximum absolute atomic E-state index is 6.01. The molecule has 0 radical (unpaired) electrons. The number of nitrogens with zero attached hydrogens (tertiary/aromatic N) is 2. The van der Waals surface area contributed by atoms with E-state index in [1.54, 1.807) is 6.33 Å². The lowest BCUT2D eigenvalue weighted by Gasteiger charge is -2.22. The summed E-state index contributed by atoms with van der Waals surface area (Å²) in [5.74, 6) is 0. The van der Waals surface area contributed by atoms with Gasteiger partial charge in [-0.1, -0.05) is 25.4 Å². The van der Waals surface area contributed by atoms with Crippen LogP contribution in [0.2, 0.25) is 5.15 Å². The van der Waals surface area contributed by atoms with E-state index in [1.807, 2.05) is 0 Å². The Bertz CT molecular complexity index is 304. The summed E-state index contributed by atoms with van der Waals surface area (Å²) in [4.78, 5) is 4.09. The van der Waals surface area contributed by atoms with Crippen LogP contribution in [0.3, 0.4) is 0 Å². The van der Waals surface area contributed by atoms with Gasteiger partial charge in [-0.2, -0.15) is 0 Å². The van der Waals surface area contributed by atoms with E-state index >= 15 is 0 Å². The summed E-state index contributed by atoms with van der Waals surface area (Å²) < 4.78 is 2.07. The first-order valence-electron chi connectivity index (χ1n) is 4.89.